The highest BCUT2D eigenvalue weighted by molar-refractivity contribution is 5.91. The topological polar surface area (TPSA) is 29.5 Å². The molecular weight excluding hydrogens is 358 g/mol. The first kappa shape index (κ1) is 19.4. The third kappa shape index (κ3) is 4.25. The minimum Gasteiger partial charge on any atom is -0.459 e. The van der Waals surface area contributed by atoms with Gasteiger partial charge in [-0.25, -0.2) is 4.79 Å². The molecule has 3 aromatic carbocycles. The molecule has 148 valence electrons. The quantitative estimate of drug-likeness (QED) is 0.551. The molecule has 1 heterocycles. The van der Waals surface area contributed by atoms with Gasteiger partial charge < -0.3 is 4.74 Å². The van der Waals surface area contributed by atoms with Crippen LogP contribution in [0.3, 0.4) is 0 Å². The maximum atomic E-state index is 12.6. The standard InChI is InChI=1S/C26H27NO2/c1-19(2)29-26(28)24-15-9-7-13-22(24)18-27-17-16-20-10-6-8-14-23(20)25(27)21-11-4-3-5-12-21/h3-15,19,25H,16-18H2,1-2H3. The summed E-state index contributed by atoms with van der Waals surface area (Å²) < 4.78 is 5.48. The van der Waals surface area contributed by atoms with Gasteiger partial charge in [-0.05, 0) is 48.6 Å². The Kier molecular flexibility index (Phi) is 5.77. The van der Waals surface area contributed by atoms with Crippen LogP contribution in [0.25, 0.3) is 0 Å². The molecule has 3 aromatic rings. The first-order chi connectivity index (χ1) is 14.1. The number of hydrogen-bond acceptors (Lipinski definition) is 3. The van der Waals surface area contributed by atoms with Crippen LogP contribution in [-0.4, -0.2) is 23.5 Å². The van der Waals surface area contributed by atoms with E-state index in [0.29, 0.717) is 12.1 Å². The molecule has 1 atom stereocenters. The molecule has 1 unspecified atom stereocenters. The summed E-state index contributed by atoms with van der Waals surface area (Å²) in [6, 6.07) is 27.3. The molecule has 0 bridgehead atoms. The minimum atomic E-state index is -0.246. The van der Waals surface area contributed by atoms with E-state index in [1.165, 1.54) is 16.7 Å². The summed E-state index contributed by atoms with van der Waals surface area (Å²) >= 11 is 0. The average Bonchev–Trinajstić information content (AvgIpc) is 2.74. The van der Waals surface area contributed by atoms with Crippen molar-refractivity contribution in [2.75, 3.05) is 6.54 Å². The lowest BCUT2D eigenvalue weighted by molar-refractivity contribution is 0.0375. The summed E-state index contributed by atoms with van der Waals surface area (Å²) in [6.07, 6.45) is 0.882. The Bertz CT molecular complexity index is 981. The number of hydrogen-bond donors (Lipinski definition) is 0. The van der Waals surface area contributed by atoms with Gasteiger partial charge in [-0.3, -0.25) is 4.90 Å². The van der Waals surface area contributed by atoms with Gasteiger partial charge >= 0.3 is 5.97 Å². The summed E-state index contributed by atoms with van der Waals surface area (Å²) in [5.74, 6) is -0.246. The van der Waals surface area contributed by atoms with Crippen molar-refractivity contribution >= 4 is 5.97 Å². The molecule has 0 spiro atoms. The highest BCUT2D eigenvalue weighted by Crippen LogP contribution is 2.36. The van der Waals surface area contributed by atoms with Gasteiger partial charge in [-0.1, -0.05) is 72.8 Å². The Hall–Kier alpha value is -2.91. The van der Waals surface area contributed by atoms with E-state index in [-0.39, 0.29) is 18.1 Å². The highest BCUT2D eigenvalue weighted by Gasteiger charge is 2.29. The normalized spacial score (nSPS) is 16.4. The number of esters is 1. The zero-order chi connectivity index (χ0) is 20.2. The summed E-state index contributed by atoms with van der Waals surface area (Å²) in [4.78, 5) is 15.1. The first-order valence-corrected chi connectivity index (χ1v) is 10.3. The fourth-order valence-electron chi connectivity index (χ4n) is 4.17. The number of ether oxygens (including phenoxy) is 1. The fourth-order valence-corrected chi connectivity index (χ4v) is 4.17. The number of benzene rings is 3. The lowest BCUT2D eigenvalue weighted by Crippen LogP contribution is -2.36. The maximum absolute atomic E-state index is 12.6. The molecule has 4 rings (SSSR count). The second-order valence-electron chi connectivity index (χ2n) is 7.84. The van der Waals surface area contributed by atoms with Crippen LogP contribution >= 0.6 is 0 Å². The lowest BCUT2D eigenvalue weighted by Gasteiger charge is -2.38. The fraction of sp³-hybridized carbons (Fsp3) is 0.269. The number of carbonyl (C=O) groups excluding carboxylic acids is 1. The van der Waals surface area contributed by atoms with E-state index >= 15 is 0 Å². The molecule has 3 heteroatoms. The van der Waals surface area contributed by atoms with Gasteiger partial charge in [0.1, 0.15) is 0 Å². The summed E-state index contributed by atoms with van der Waals surface area (Å²) in [5, 5.41) is 0. The van der Waals surface area contributed by atoms with Crippen molar-refractivity contribution in [3.8, 4) is 0 Å². The molecule has 0 N–H and O–H groups in total. The second kappa shape index (κ2) is 8.62. The van der Waals surface area contributed by atoms with Crippen molar-refractivity contribution < 1.29 is 9.53 Å². The molecule has 29 heavy (non-hydrogen) atoms. The van der Waals surface area contributed by atoms with Crippen LogP contribution in [0.1, 0.15) is 52.5 Å². The van der Waals surface area contributed by atoms with E-state index in [1.54, 1.807) is 0 Å². The van der Waals surface area contributed by atoms with Crippen LogP contribution in [0.15, 0.2) is 78.9 Å². The van der Waals surface area contributed by atoms with Crippen molar-refractivity contribution in [3.63, 3.8) is 0 Å². The molecule has 3 nitrogen and oxygen atoms in total. The van der Waals surface area contributed by atoms with Crippen molar-refractivity contribution in [1.82, 2.24) is 4.90 Å². The van der Waals surface area contributed by atoms with Crippen LogP contribution in [0.2, 0.25) is 0 Å². The van der Waals surface area contributed by atoms with E-state index in [0.717, 1.165) is 18.5 Å². The van der Waals surface area contributed by atoms with Gasteiger partial charge in [0.2, 0.25) is 0 Å². The van der Waals surface area contributed by atoms with Gasteiger partial charge in [0.15, 0.2) is 0 Å². The molecule has 0 radical (unpaired) electrons. The van der Waals surface area contributed by atoms with Crippen molar-refractivity contribution in [2.45, 2.75) is 39.0 Å². The predicted molar refractivity (Wildman–Crippen MR) is 116 cm³/mol. The molecular formula is C26H27NO2. The van der Waals surface area contributed by atoms with Crippen molar-refractivity contribution in [1.29, 1.82) is 0 Å². The van der Waals surface area contributed by atoms with Crippen LogP contribution in [0.4, 0.5) is 0 Å². The SMILES string of the molecule is CC(C)OC(=O)c1ccccc1CN1CCc2ccccc2C1c1ccccc1. The van der Waals surface area contributed by atoms with E-state index in [1.807, 2.05) is 38.1 Å². The zero-order valence-corrected chi connectivity index (χ0v) is 17.0. The Morgan fingerprint density at radius 1 is 0.966 bits per heavy atom. The Morgan fingerprint density at radius 3 is 2.45 bits per heavy atom. The van der Waals surface area contributed by atoms with Gasteiger partial charge in [-0.2, -0.15) is 0 Å². The monoisotopic (exact) mass is 385 g/mol. The third-order valence-corrected chi connectivity index (χ3v) is 5.45. The Labute approximate surface area is 172 Å². The summed E-state index contributed by atoms with van der Waals surface area (Å²) in [6.45, 7) is 5.42. The average molecular weight is 386 g/mol. The molecule has 1 aliphatic rings. The smallest absolute Gasteiger partial charge is 0.338 e. The van der Waals surface area contributed by atoms with E-state index < -0.39 is 0 Å². The third-order valence-electron chi connectivity index (χ3n) is 5.45. The molecule has 0 amide bonds. The number of nitrogens with zero attached hydrogens (tertiary/aromatic N) is 1. The number of fused-ring (bicyclic) bond motifs is 1. The zero-order valence-electron chi connectivity index (χ0n) is 17.0. The van der Waals surface area contributed by atoms with Crippen LogP contribution < -0.4 is 0 Å². The van der Waals surface area contributed by atoms with Crippen LogP contribution in [0.5, 0.6) is 0 Å². The van der Waals surface area contributed by atoms with Crippen LogP contribution in [0, 0.1) is 0 Å². The van der Waals surface area contributed by atoms with Gasteiger partial charge in [-0.15, -0.1) is 0 Å². The number of rotatable bonds is 5. The van der Waals surface area contributed by atoms with E-state index in [2.05, 4.69) is 59.5 Å². The summed E-state index contributed by atoms with van der Waals surface area (Å²) in [5.41, 5.74) is 5.71. The molecule has 1 aliphatic heterocycles. The summed E-state index contributed by atoms with van der Waals surface area (Å²) in [7, 11) is 0. The Morgan fingerprint density at radius 2 is 1.66 bits per heavy atom. The number of carbonyl (C=O) groups is 1. The highest BCUT2D eigenvalue weighted by atomic mass is 16.5. The van der Waals surface area contributed by atoms with Gasteiger partial charge in [0, 0.05) is 13.1 Å². The molecule has 0 saturated heterocycles. The predicted octanol–water partition coefficient (Wildman–Crippen LogP) is 5.40. The largest absolute Gasteiger partial charge is 0.459 e. The van der Waals surface area contributed by atoms with Crippen molar-refractivity contribution in [2.24, 2.45) is 0 Å². The molecule has 0 aromatic heterocycles. The Balaban J connectivity index is 1.69. The molecule has 0 saturated carbocycles. The molecule has 0 fully saturated rings. The van der Waals surface area contributed by atoms with Gasteiger partial charge in [0.25, 0.3) is 0 Å². The lowest BCUT2D eigenvalue weighted by atomic mass is 9.87. The minimum absolute atomic E-state index is 0.130. The second-order valence-corrected chi connectivity index (χ2v) is 7.84. The van der Waals surface area contributed by atoms with Gasteiger partial charge in [0.05, 0.1) is 17.7 Å². The first-order valence-electron chi connectivity index (χ1n) is 10.3. The van der Waals surface area contributed by atoms with E-state index in [9.17, 15) is 4.79 Å². The van der Waals surface area contributed by atoms with E-state index in [4.69, 9.17) is 4.74 Å². The van der Waals surface area contributed by atoms with Crippen molar-refractivity contribution in [3.05, 3.63) is 107 Å². The van der Waals surface area contributed by atoms with Crippen LogP contribution in [-0.2, 0) is 17.7 Å². The molecule has 0 aliphatic carbocycles. The maximum Gasteiger partial charge on any atom is 0.338 e.